The highest BCUT2D eigenvalue weighted by Gasteiger charge is 2.30. The number of phosphoric ester groups is 2. The molecular weight excluding hydrogens is 1330 g/mol. The van der Waals surface area contributed by atoms with Crippen LogP contribution in [-0.2, 0) is 65.4 Å². The van der Waals surface area contributed by atoms with E-state index in [4.69, 9.17) is 37.0 Å². The first-order chi connectivity index (χ1) is 49.7. The number of phosphoric acid groups is 2. The molecule has 0 aromatic heterocycles. The van der Waals surface area contributed by atoms with Crippen molar-refractivity contribution in [1.29, 1.82) is 0 Å². The lowest BCUT2D eigenvalue weighted by atomic mass is 10.1. The van der Waals surface area contributed by atoms with E-state index in [0.29, 0.717) is 25.7 Å². The van der Waals surface area contributed by atoms with Gasteiger partial charge in [-0.15, -0.1) is 0 Å². The highest BCUT2D eigenvalue weighted by Crippen LogP contribution is 2.45. The van der Waals surface area contributed by atoms with Gasteiger partial charge >= 0.3 is 39.5 Å². The average Bonchev–Trinajstić information content (AvgIpc) is 0.928. The van der Waals surface area contributed by atoms with Crippen molar-refractivity contribution in [1.82, 2.24) is 0 Å². The van der Waals surface area contributed by atoms with E-state index in [1.807, 2.05) is 0 Å². The number of hydrogen-bond donors (Lipinski definition) is 3. The monoisotopic (exact) mass is 1470 g/mol. The average molecular weight is 1470 g/mol. The third-order valence-corrected chi connectivity index (χ3v) is 18.3. The lowest BCUT2D eigenvalue weighted by Crippen LogP contribution is -2.30. The van der Waals surface area contributed by atoms with Crippen LogP contribution in [0.3, 0.4) is 0 Å². The molecule has 0 amide bonds. The summed E-state index contributed by atoms with van der Waals surface area (Å²) in [6.45, 7) is 4.56. The molecule has 19 heteroatoms. The van der Waals surface area contributed by atoms with Crippen molar-refractivity contribution < 1.29 is 80.2 Å². The van der Waals surface area contributed by atoms with Gasteiger partial charge in [0.25, 0.3) is 0 Å². The molecule has 0 saturated heterocycles. The van der Waals surface area contributed by atoms with Gasteiger partial charge in [0.15, 0.2) is 12.2 Å². The first kappa shape index (κ1) is 97.5. The molecule has 0 aliphatic carbocycles. The molecule has 0 saturated carbocycles. The van der Waals surface area contributed by atoms with Crippen LogP contribution in [0.15, 0.2) is 122 Å². The van der Waals surface area contributed by atoms with Crippen molar-refractivity contribution in [3.63, 3.8) is 0 Å². The largest absolute Gasteiger partial charge is 0.472 e. The van der Waals surface area contributed by atoms with Gasteiger partial charge in [-0.25, -0.2) is 9.13 Å². The third kappa shape index (κ3) is 73.8. The van der Waals surface area contributed by atoms with Crippen LogP contribution in [0.2, 0.25) is 0 Å². The minimum atomic E-state index is -4.98. The fourth-order valence-electron chi connectivity index (χ4n) is 10.4. The standard InChI is InChI=1S/C83H142O17P2/c1-5-9-13-17-21-25-29-32-34-36-38-40-42-45-48-51-55-59-63-67-80(85)93-73-78(99-82(87)69-65-61-57-53-47-28-24-20-16-12-8-4)75-97-101(89,90)95-71-77(84)72-96-102(91,92)98-76-79(100-83(88)70-66-62-58-54-50-44-31-27-23-19-15-11-7-3)74-94-81(86)68-64-60-56-52-49-46-43-41-39-37-35-33-30-26-22-18-14-10-6-2/h9-10,13-14,20-22,24-27,31-35,38-41,77-79,84H,5-8,11-12,15-19,23,28-30,36-37,42-76H2,1-4H3,(H,89,90)(H,91,92)/b13-9-,14-10-,24-20-,25-21-,26-22-,31-27-,34-32-,35-33-,40-38-,41-39-. The molecule has 0 bridgehead atoms. The highest BCUT2D eigenvalue weighted by molar-refractivity contribution is 7.47. The number of carbonyl (C=O) groups is 4. The summed E-state index contributed by atoms with van der Waals surface area (Å²) in [6.07, 6.45) is 81.8. The van der Waals surface area contributed by atoms with Crippen LogP contribution in [0.1, 0.15) is 323 Å². The fraction of sp³-hybridized carbons (Fsp3) is 0.711. The first-order valence-corrected chi connectivity index (χ1v) is 42.8. The molecule has 586 valence electrons. The number of unbranched alkanes of at least 4 members (excludes halogenated alkanes) is 28. The lowest BCUT2D eigenvalue weighted by molar-refractivity contribution is -0.161. The minimum Gasteiger partial charge on any atom is -0.462 e. The van der Waals surface area contributed by atoms with Gasteiger partial charge in [0, 0.05) is 25.7 Å². The molecule has 0 heterocycles. The van der Waals surface area contributed by atoms with E-state index in [-0.39, 0.29) is 25.7 Å². The summed E-state index contributed by atoms with van der Waals surface area (Å²) < 4.78 is 68.5. The van der Waals surface area contributed by atoms with Gasteiger partial charge in [0.2, 0.25) is 0 Å². The minimum absolute atomic E-state index is 0.0793. The summed E-state index contributed by atoms with van der Waals surface area (Å²) in [4.78, 5) is 72.9. The van der Waals surface area contributed by atoms with Gasteiger partial charge in [-0.1, -0.05) is 271 Å². The number of carbonyl (C=O) groups excluding carboxylic acids is 4. The number of allylic oxidation sites excluding steroid dienone is 20. The van der Waals surface area contributed by atoms with Crippen LogP contribution < -0.4 is 0 Å². The van der Waals surface area contributed by atoms with E-state index < -0.39 is 97.5 Å². The van der Waals surface area contributed by atoms with Gasteiger partial charge in [-0.05, 0) is 148 Å². The van der Waals surface area contributed by atoms with E-state index in [0.717, 1.165) is 205 Å². The summed E-state index contributed by atoms with van der Waals surface area (Å²) in [5.41, 5.74) is 0. The van der Waals surface area contributed by atoms with Crippen LogP contribution in [0.25, 0.3) is 0 Å². The number of esters is 4. The van der Waals surface area contributed by atoms with E-state index in [9.17, 15) is 43.2 Å². The zero-order chi connectivity index (χ0) is 74.6. The topological polar surface area (TPSA) is 237 Å². The SMILES string of the molecule is CC/C=C\C/C=C\C/C=C\C/C=C\CCCCCCCCC(=O)OCC(COP(=O)(O)OCC(O)COP(=O)(O)OCC(COC(=O)CCCCCCCC/C=C\C/C=C\C/C=C\C/C=C\CC)OC(=O)CCCCCCC/C=C\CCCCCC)OC(=O)CCCCCCC/C=C\CCCC. The number of hydrogen-bond acceptors (Lipinski definition) is 15. The van der Waals surface area contributed by atoms with Crippen LogP contribution in [0.5, 0.6) is 0 Å². The highest BCUT2D eigenvalue weighted by atomic mass is 31.2. The molecule has 0 aromatic rings. The molecule has 0 spiro atoms. The molecule has 0 aliphatic heterocycles. The van der Waals surface area contributed by atoms with Crippen LogP contribution in [-0.4, -0.2) is 96.7 Å². The van der Waals surface area contributed by atoms with Gasteiger partial charge in [0.05, 0.1) is 26.4 Å². The molecule has 0 aliphatic rings. The van der Waals surface area contributed by atoms with Crippen LogP contribution >= 0.6 is 15.6 Å². The number of aliphatic hydroxyl groups is 1. The van der Waals surface area contributed by atoms with Crippen LogP contribution in [0, 0.1) is 0 Å². The molecule has 5 unspecified atom stereocenters. The summed E-state index contributed by atoms with van der Waals surface area (Å²) in [5.74, 6) is -2.22. The Balaban J connectivity index is 5.32. The predicted molar refractivity (Wildman–Crippen MR) is 418 cm³/mol. The molecular formula is C83H142O17P2. The van der Waals surface area contributed by atoms with Crippen LogP contribution in [0.4, 0.5) is 0 Å². The number of ether oxygens (including phenoxy) is 4. The van der Waals surface area contributed by atoms with E-state index in [1.165, 1.54) is 38.5 Å². The molecule has 17 nitrogen and oxygen atoms in total. The van der Waals surface area contributed by atoms with Crippen molar-refractivity contribution in [2.24, 2.45) is 0 Å². The maximum atomic E-state index is 13.1. The summed E-state index contributed by atoms with van der Waals surface area (Å²) in [7, 11) is -9.96. The Bertz CT molecular complexity index is 2410. The zero-order valence-corrected chi connectivity index (χ0v) is 65.8. The third-order valence-electron chi connectivity index (χ3n) is 16.4. The second-order valence-electron chi connectivity index (χ2n) is 26.2. The normalized spacial score (nSPS) is 14.5. The number of rotatable bonds is 74. The van der Waals surface area contributed by atoms with Crippen molar-refractivity contribution in [3.8, 4) is 0 Å². The maximum Gasteiger partial charge on any atom is 0.472 e. The quantitative estimate of drug-likeness (QED) is 0.0169. The molecule has 0 radical (unpaired) electrons. The molecule has 3 N–H and O–H groups in total. The van der Waals surface area contributed by atoms with Gasteiger partial charge < -0.3 is 33.8 Å². The Kier molecular flexibility index (Phi) is 71.4. The Hall–Kier alpha value is -4.54. The summed E-state index contributed by atoms with van der Waals surface area (Å²) >= 11 is 0. The van der Waals surface area contributed by atoms with Crippen molar-refractivity contribution in [2.45, 2.75) is 341 Å². The van der Waals surface area contributed by atoms with Crippen molar-refractivity contribution in [2.75, 3.05) is 39.6 Å². The Labute approximate surface area is 619 Å². The smallest absolute Gasteiger partial charge is 0.462 e. The molecule has 5 atom stereocenters. The van der Waals surface area contributed by atoms with Gasteiger partial charge in [-0.3, -0.25) is 37.3 Å². The van der Waals surface area contributed by atoms with Gasteiger partial charge in [0.1, 0.15) is 19.3 Å². The van der Waals surface area contributed by atoms with E-state index in [2.05, 4.69) is 149 Å². The van der Waals surface area contributed by atoms with E-state index in [1.54, 1.807) is 0 Å². The number of aliphatic hydroxyl groups excluding tert-OH is 1. The molecule has 0 aromatic carbocycles. The molecule has 0 rings (SSSR count). The lowest BCUT2D eigenvalue weighted by Gasteiger charge is -2.21. The van der Waals surface area contributed by atoms with Crippen molar-refractivity contribution >= 4 is 39.5 Å². The predicted octanol–water partition coefficient (Wildman–Crippen LogP) is 23.1. The van der Waals surface area contributed by atoms with Crippen molar-refractivity contribution in [3.05, 3.63) is 122 Å². The Morgan fingerprint density at radius 2 is 0.520 bits per heavy atom. The fourth-order valence-corrected chi connectivity index (χ4v) is 11.9. The second-order valence-corrected chi connectivity index (χ2v) is 29.1. The molecule has 0 fully saturated rings. The maximum absolute atomic E-state index is 13.1. The first-order valence-electron chi connectivity index (χ1n) is 39.8. The second kappa shape index (κ2) is 74.7. The Morgan fingerprint density at radius 3 is 0.824 bits per heavy atom. The zero-order valence-electron chi connectivity index (χ0n) is 64.0. The summed E-state index contributed by atoms with van der Waals surface area (Å²) in [5, 5.41) is 10.6. The van der Waals surface area contributed by atoms with E-state index >= 15 is 0 Å². The Morgan fingerprint density at radius 1 is 0.284 bits per heavy atom. The summed E-state index contributed by atoms with van der Waals surface area (Å²) in [6, 6.07) is 0. The van der Waals surface area contributed by atoms with Gasteiger partial charge in [-0.2, -0.15) is 0 Å². The molecule has 102 heavy (non-hydrogen) atoms.